The van der Waals surface area contributed by atoms with E-state index in [1.54, 1.807) is 0 Å². The molecular weight excluding hydrogens is 274 g/mol. The summed E-state index contributed by atoms with van der Waals surface area (Å²) < 4.78 is 1.85. The van der Waals surface area contributed by atoms with Crippen LogP contribution in [0.5, 0.6) is 0 Å². The molecule has 2 aromatic carbocycles. The minimum atomic E-state index is -0.0873. The third kappa shape index (κ3) is 2.92. The van der Waals surface area contributed by atoms with Crippen molar-refractivity contribution in [3.63, 3.8) is 0 Å². The Balaban J connectivity index is 1.93. The molecule has 0 fully saturated rings. The van der Waals surface area contributed by atoms with Gasteiger partial charge in [0.25, 0.3) is 0 Å². The lowest BCUT2D eigenvalue weighted by atomic mass is 10.1. The van der Waals surface area contributed by atoms with Crippen LogP contribution in [0.3, 0.4) is 0 Å². The van der Waals surface area contributed by atoms with Crippen molar-refractivity contribution in [3.8, 4) is 5.69 Å². The van der Waals surface area contributed by atoms with E-state index < -0.39 is 0 Å². The molecule has 0 amide bonds. The van der Waals surface area contributed by atoms with E-state index in [4.69, 9.17) is 0 Å². The maximum Gasteiger partial charge on any atom is 0.112 e. The summed E-state index contributed by atoms with van der Waals surface area (Å²) in [6, 6.07) is 18.4. The van der Waals surface area contributed by atoms with Crippen LogP contribution in [0.25, 0.3) is 5.69 Å². The van der Waals surface area contributed by atoms with E-state index in [0.717, 1.165) is 29.8 Å². The van der Waals surface area contributed by atoms with Gasteiger partial charge in [0.1, 0.15) is 5.69 Å². The maximum absolute atomic E-state index is 9.53. The van der Waals surface area contributed by atoms with Gasteiger partial charge in [0.15, 0.2) is 0 Å². The summed E-state index contributed by atoms with van der Waals surface area (Å²) in [4.78, 5) is 0. The quantitative estimate of drug-likeness (QED) is 0.787. The highest BCUT2D eigenvalue weighted by atomic mass is 16.3. The molecule has 0 aliphatic rings. The summed E-state index contributed by atoms with van der Waals surface area (Å²) in [7, 11) is 0. The molecule has 112 valence electrons. The summed E-state index contributed by atoms with van der Waals surface area (Å²) in [5, 5.41) is 17.9. The minimum Gasteiger partial charge on any atom is -0.390 e. The SMILES string of the molecule is Cc1ccccc1-n1nnc(CO)c1CCc1ccccc1. The Morgan fingerprint density at radius 1 is 0.955 bits per heavy atom. The van der Waals surface area contributed by atoms with Gasteiger partial charge in [-0.05, 0) is 37.0 Å². The molecule has 0 aliphatic heterocycles. The van der Waals surface area contributed by atoms with Crippen LogP contribution in [0.4, 0.5) is 0 Å². The number of aliphatic hydroxyl groups is 1. The zero-order valence-corrected chi connectivity index (χ0v) is 12.6. The third-order valence-corrected chi connectivity index (χ3v) is 3.83. The number of aliphatic hydroxyl groups excluding tert-OH is 1. The highest BCUT2D eigenvalue weighted by Gasteiger charge is 2.14. The van der Waals surface area contributed by atoms with Crippen LogP contribution in [-0.2, 0) is 19.4 Å². The van der Waals surface area contributed by atoms with E-state index in [-0.39, 0.29) is 6.61 Å². The van der Waals surface area contributed by atoms with Gasteiger partial charge in [-0.1, -0.05) is 53.7 Å². The normalized spacial score (nSPS) is 10.8. The van der Waals surface area contributed by atoms with E-state index in [1.165, 1.54) is 5.56 Å². The lowest BCUT2D eigenvalue weighted by Gasteiger charge is -2.10. The number of hydrogen-bond donors (Lipinski definition) is 1. The van der Waals surface area contributed by atoms with Crippen molar-refractivity contribution in [1.82, 2.24) is 15.0 Å². The third-order valence-electron chi connectivity index (χ3n) is 3.83. The van der Waals surface area contributed by atoms with E-state index in [9.17, 15) is 5.11 Å². The number of aromatic nitrogens is 3. The highest BCUT2D eigenvalue weighted by molar-refractivity contribution is 5.41. The Morgan fingerprint density at radius 2 is 1.68 bits per heavy atom. The first-order valence-corrected chi connectivity index (χ1v) is 7.44. The van der Waals surface area contributed by atoms with Crippen molar-refractivity contribution in [2.75, 3.05) is 0 Å². The van der Waals surface area contributed by atoms with E-state index >= 15 is 0 Å². The van der Waals surface area contributed by atoms with Crippen LogP contribution in [0.1, 0.15) is 22.5 Å². The standard InChI is InChI=1S/C18H19N3O/c1-14-7-5-6-10-17(14)21-18(16(13-22)19-20-21)12-11-15-8-3-2-4-9-15/h2-10,22H,11-13H2,1H3. The largest absolute Gasteiger partial charge is 0.390 e. The molecule has 0 saturated heterocycles. The molecule has 0 saturated carbocycles. The van der Waals surface area contributed by atoms with Crippen molar-refractivity contribution in [1.29, 1.82) is 0 Å². The lowest BCUT2D eigenvalue weighted by Crippen LogP contribution is -2.07. The number of para-hydroxylation sites is 1. The first kappa shape index (κ1) is 14.5. The second-order valence-corrected chi connectivity index (χ2v) is 5.32. The molecule has 3 aromatic rings. The summed E-state index contributed by atoms with van der Waals surface area (Å²) in [6.45, 7) is 1.96. The second kappa shape index (κ2) is 6.54. The van der Waals surface area contributed by atoms with Crippen LogP contribution in [0.2, 0.25) is 0 Å². The number of nitrogens with zero attached hydrogens (tertiary/aromatic N) is 3. The summed E-state index contributed by atoms with van der Waals surface area (Å²) in [6.07, 6.45) is 1.69. The molecule has 1 heterocycles. The Morgan fingerprint density at radius 3 is 2.41 bits per heavy atom. The van der Waals surface area contributed by atoms with Gasteiger partial charge in [-0.15, -0.1) is 5.10 Å². The predicted molar refractivity (Wildman–Crippen MR) is 85.9 cm³/mol. The van der Waals surface area contributed by atoms with Crippen LogP contribution >= 0.6 is 0 Å². The summed E-state index contributed by atoms with van der Waals surface area (Å²) in [5.74, 6) is 0. The van der Waals surface area contributed by atoms with Crippen molar-refractivity contribution in [2.45, 2.75) is 26.4 Å². The van der Waals surface area contributed by atoms with Gasteiger partial charge in [-0.2, -0.15) is 0 Å². The smallest absolute Gasteiger partial charge is 0.112 e. The minimum absolute atomic E-state index is 0.0873. The molecule has 4 nitrogen and oxygen atoms in total. The summed E-state index contributed by atoms with van der Waals surface area (Å²) in [5.41, 5.74) is 5.04. The number of benzene rings is 2. The first-order chi connectivity index (χ1) is 10.8. The van der Waals surface area contributed by atoms with E-state index in [2.05, 4.69) is 35.4 Å². The monoisotopic (exact) mass is 293 g/mol. The van der Waals surface area contributed by atoms with Gasteiger partial charge in [0.2, 0.25) is 0 Å². The zero-order chi connectivity index (χ0) is 15.4. The average molecular weight is 293 g/mol. The molecule has 0 radical (unpaired) electrons. The first-order valence-electron chi connectivity index (χ1n) is 7.44. The topological polar surface area (TPSA) is 50.9 Å². The fourth-order valence-electron chi connectivity index (χ4n) is 2.61. The predicted octanol–water partition coefficient (Wildman–Crippen LogP) is 2.85. The van der Waals surface area contributed by atoms with Gasteiger partial charge < -0.3 is 5.11 Å². The van der Waals surface area contributed by atoms with Crippen molar-refractivity contribution >= 4 is 0 Å². The van der Waals surface area contributed by atoms with Crippen molar-refractivity contribution in [2.24, 2.45) is 0 Å². The molecule has 1 N–H and O–H groups in total. The zero-order valence-electron chi connectivity index (χ0n) is 12.6. The molecule has 22 heavy (non-hydrogen) atoms. The average Bonchev–Trinajstić information content (AvgIpc) is 2.97. The van der Waals surface area contributed by atoms with Gasteiger partial charge in [0.05, 0.1) is 18.0 Å². The summed E-state index contributed by atoms with van der Waals surface area (Å²) >= 11 is 0. The van der Waals surface area contributed by atoms with Crippen LogP contribution in [-0.4, -0.2) is 20.1 Å². The van der Waals surface area contributed by atoms with E-state index in [1.807, 2.05) is 41.1 Å². The van der Waals surface area contributed by atoms with Gasteiger partial charge in [-0.25, -0.2) is 4.68 Å². The molecule has 0 aliphatic carbocycles. The highest BCUT2D eigenvalue weighted by Crippen LogP contribution is 2.18. The molecule has 4 heteroatoms. The number of hydrogen-bond acceptors (Lipinski definition) is 3. The van der Waals surface area contributed by atoms with Gasteiger partial charge in [-0.3, -0.25) is 0 Å². The Labute approximate surface area is 130 Å². The molecule has 1 aromatic heterocycles. The van der Waals surface area contributed by atoms with Gasteiger partial charge in [0, 0.05) is 0 Å². The Kier molecular flexibility index (Phi) is 4.30. The molecular formula is C18H19N3O. The van der Waals surface area contributed by atoms with E-state index in [0.29, 0.717) is 5.69 Å². The molecule has 0 atom stereocenters. The lowest BCUT2D eigenvalue weighted by molar-refractivity contribution is 0.275. The van der Waals surface area contributed by atoms with Gasteiger partial charge >= 0.3 is 0 Å². The maximum atomic E-state index is 9.53. The molecule has 0 unspecified atom stereocenters. The molecule has 0 bridgehead atoms. The number of rotatable bonds is 5. The van der Waals surface area contributed by atoms with Crippen LogP contribution in [0, 0.1) is 6.92 Å². The Hall–Kier alpha value is -2.46. The second-order valence-electron chi connectivity index (χ2n) is 5.32. The Bertz CT molecular complexity index is 750. The van der Waals surface area contributed by atoms with Crippen LogP contribution in [0.15, 0.2) is 54.6 Å². The number of aryl methyl sites for hydroxylation is 2. The molecule has 3 rings (SSSR count). The fraction of sp³-hybridized carbons (Fsp3) is 0.222. The fourth-order valence-corrected chi connectivity index (χ4v) is 2.61. The van der Waals surface area contributed by atoms with Crippen molar-refractivity contribution < 1.29 is 5.11 Å². The molecule has 0 spiro atoms. The van der Waals surface area contributed by atoms with Crippen LogP contribution < -0.4 is 0 Å². The van der Waals surface area contributed by atoms with Crippen molar-refractivity contribution in [3.05, 3.63) is 77.1 Å².